The molecule has 0 fully saturated rings. The van der Waals surface area contributed by atoms with Crippen LogP contribution in [0, 0.1) is 11.8 Å². The Balaban J connectivity index is 1.43. The topological polar surface area (TPSA) is 84.9 Å². The van der Waals surface area contributed by atoms with Crippen LogP contribution in [0.15, 0.2) is 103 Å². The summed E-state index contributed by atoms with van der Waals surface area (Å²) < 4.78 is 11.5. The van der Waals surface area contributed by atoms with E-state index in [0.29, 0.717) is 12.2 Å². The third-order valence-corrected chi connectivity index (χ3v) is 5.52. The Labute approximate surface area is 209 Å². The molecular formula is C30H25NO5. The van der Waals surface area contributed by atoms with Gasteiger partial charge in [-0.1, -0.05) is 66.4 Å². The van der Waals surface area contributed by atoms with Gasteiger partial charge in [-0.05, 0) is 58.3 Å². The molecule has 0 saturated heterocycles. The number of nitrogens with one attached hydrogen (secondary N) is 1. The van der Waals surface area contributed by atoms with Gasteiger partial charge in [-0.25, -0.2) is 4.79 Å². The van der Waals surface area contributed by atoms with E-state index in [1.165, 1.54) is 23.6 Å². The number of para-hydroxylation sites is 1. The quantitative estimate of drug-likeness (QED) is 0.346. The number of carboxylic acids is 1. The molecule has 2 unspecified atom stereocenters. The molecule has 6 nitrogen and oxygen atoms in total. The molecule has 36 heavy (non-hydrogen) atoms. The third kappa shape index (κ3) is 6.57. The monoisotopic (exact) mass is 479 g/mol. The number of carboxylic acid groups (broad SMARTS) is 1. The number of carbonyl (C=O) groups excluding carboxylic acids is 1. The number of aromatic carboxylic acids is 1. The lowest BCUT2D eigenvalue weighted by molar-refractivity contribution is -0.111. The van der Waals surface area contributed by atoms with Gasteiger partial charge >= 0.3 is 5.97 Å². The summed E-state index contributed by atoms with van der Waals surface area (Å²) in [6.07, 6.45) is 7.46. The molecule has 180 valence electrons. The van der Waals surface area contributed by atoms with Crippen molar-refractivity contribution in [1.29, 1.82) is 0 Å². The highest BCUT2D eigenvalue weighted by Gasteiger charge is 2.11. The second kappa shape index (κ2) is 11.8. The first-order valence-corrected chi connectivity index (χ1v) is 11.4. The first-order valence-electron chi connectivity index (χ1n) is 11.4. The second-order valence-electron chi connectivity index (χ2n) is 8.06. The van der Waals surface area contributed by atoms with Crippen molar-refractivity contribution in [2.45, 2.75) is 18.8 Å². The number of allylic oxidation sites excluding steroid dienone is 3. The number of hydrogen-bond donors (Lipinski definition) is 2. The largest absolute Gasteiger partial charge is 0.478 e. The fourth-order valence-corrected chi connectivity index (χ4v) is 3.66. The Morgan fingerprint density at radius 2 is 1.75 bits per heavy atom. The van der Waals surface area contributed by atoms with Crippen molar-refractivity contribution in [3.8, 4) is 11.8 Å². The molecule has 0 aromatic heterocycles. The molecule has 0 spiro atoms. The van der Waals surface area contributed by atoms with E-state index in [1.54, 1.807) is 31.4 Å². The average Bonchev–Trinajstić information content (AvgIpc) is 2.88. The normalized spacial score (nSPS) is 18.0. The smallest absolute Gasteiger partial charge is 0.337 e. The number of methoxy groups -OCH3 is 1. The zero-order valence-corrected chi connectivity index (χ0v) is 19.7. The summed E-state index contributed by atoms with van der Waals surface area (Å²) in [5, 5.41) is 14.2. The molecule has 1 amide bonds. The van der Waals surface area contributed by atoms with Crippen LogP contribution in [0.25, 0.3) is 10.8 Å². The Kier molecular flexibility index (Phi) is 8.09. The van der Waals surface area contributed by atoms with Crippen molar-refractivity contribution >= 4 is 28.3 Å². The summed E-state index contributed by atoms with van der Waals surface area (Å²) in [5.74, 6) is 4.55. The van der Waals surface area contributed by atoms with E-state index in [1.807, 2.05) is 30.4 Å². The predicted molar refractivity (Wildman–Crippen MR) is 139 cm³/mol. The van der Waals surface area contributed by atoms with E-state index in [2.05, 4.69) is 41.4 Å². The summed E-state index contributed by atoms with van der Waals surface area (Å²) in [7, 11) is 1.56. The van der Waals surface area contributed by atoms with E-state index in [4.69, 9.17) is 9.47 Å². The molecule has 4 rings (SSSR count). The highest BCUT2D eigenvalue weighted by atomic mass is 16.5. The minimum absolute atomic E-state index is 0.0189. The number of amides is 1. The highest BCUT2D eigenvalue weighted by Crippen LogP contribution is 2.18. The molecule has 0 bridgehead atoms. The third-order valence-electron chi connectivity index (χ3n) is 5.52. The Morgan fingerprint density at radius 1 is 1.00 bits per heavy atom. The van der Waals surface area contributed by atoms with Crippen molar-refractivity contribution in [1.82, 2.24) is 0 Å². The van der Waals surface area contributed by atoms with Gasteiger partial charge in [0, 0.05) is 13.2 Å². The van der Waals surface area contributed by atoms with Gasteiger partial charge in [0.05, 0.1) is 17.9 Å². The van der Waals surface area contributed by atoms with Gasteiger partial charge < -0.3 is 19.9 Å². The first kappa shape index (κ1) is 24.7. The summed E-state index contributed by atoms with van der Waals surface area (Å²) in [4.78, 5) is 23.8. The molecule has 2 atom stereocenters. The lowest BCUT2D eigenvalue weighted by Crippen LogP contribution is -2.13. The molecule has 6 heteroatoms. The van der Waals surface area contributed by atoms with Crippen LogP contribution in [0.5, 0.6) is 0 Å². The van der Waals surface area contributed by atoms with E-state index < -0.39 is 24.1 Å². The maximum absolute atomic E-state index is 12.4. The van der Waals surface area contributed by atoms with Crippen LogP contribution in [0.4, 0.5) is 5.69 Å². The minimum atomic E-state index is -1.11. The van der Waals surface area contributed by atoms with E-state index >= 15 is 0 Å². The van der Waals surface area contributed by atoms with Gasteiger partial charge in [-0.2, -0.15) is 0 Å². The number of benzene rings is 3. The van der Waals surface area contributed by atoms with Crippen LogP contribution in [0.2, 0.25) is 0 Å². The minimum Gasteiger partial charge on any atom is -0.478 e. The highest BCUT2D eigenvalue weighted by molar-refractivity contribution is 6.04. The fourth-order valence-electron chi connectivity index (χ4n) is 3.66. The molecule has 2 N–H and O–H groups in total. The molecule has 1 aliphatic rings. The van der Waals surface area contributed by atoms with Crippen molar-refractivity contribution in [2.24, 2.45) is 0 Å². The van der Waals surface area contributed by atoms with Crippen LogP contribution < -0.4 is 5.32 Å². The summed E-state index contributed by atoms with van der Waals surface area (Å²) in [5.41, 5.74) is 2.00. The lowest BCUT2D eigenvalue weighted by atomic mass is 10.1. The fraction of sp³-hybridized carbons (Fsp3) is 0.133. The maximum Gasteiger partial charge on any atom is 0.337 e. The molecule has 3 aromatic carbocycles. The van der Waals surface area contributed by atoms with E-state index in [0.717, 1.165) is 10.9 Å². The van der Waals surface area contributed by atoms with Gasteiger partial charge in [-0.15, -0.1) is 0 Å². The number of carbonyl (C=O) groups is 2. The Hall–Kier alpha value is -4.44. The standard InChI is InChI=1S/C30H25NO5/c1-35-26-16-15-25(36-20-22-10-13-23-6-2-3-7-24(23)18-22)14-11-21(19-26)12-17-29(32)31-28-9-5-4-8-27(28)30(33)34/h2-14,17-19,25-26H,20H2,1H3,(H,31,32)(H,33,34)/b14-11-,17-12+,21-19?. The van der Waals surface area contributed by atoms with Crippen molar-refractivity contribution in [2.75, 3.05) is 12.4 Å². The molecule has 1 aliphatic carbocycles. The van der Waals surface area contributed by atoms with Gasteiger partial charge in [0.15, 0.2) is 0 Å². The van der Waals surface area contributed by atoms with Gasteiger partial charge in [-0.3, -0.25) is 4.79 Å². The SMILES string of the molecule is COC1C#CC(OCc2ccc3ccccc3c2)/C=C\C(/C=C/C(=O)Nc2ccccc2C(=O)O)=C1. The van der Waals surface area contributed by atoms with Gasteiger partial charge in [0.1, 0.15) is 12.2 Å². The first-order chi connectivity index (χ1) is 17.5. The Bertz CT molecular complexity index is 1420. The summed E-state index contributed by atoms with van der Waals surface area (Å²) >= 11 is 0. The summed E-state index contributed by atoms with van der Waals surface area (Å²) in [6, 6.07) is 20.6. The zero-order chi connectivity index (χ0) is 25.3. The van der Waals surface area contributed by atoms with Crippen molar-refractivity contribution in [3.05, 3.63) is 114 Å². The van der Waals surface area contributed by atoms with Crippen LogP contribution >= 0.6 is 0 Å². The lowest BCUT2D eigenvalue weighted by Gasteiger charge is -2.12. The molecule has 0 aliphatic heterocycles. The second-order valence-corrected chi connectivity index (χ2v) is 8.06. The molecule has 3 aromatic rings. The summed E-state index contributed by atoms with van der Waals surface area (Å²) in [6.45, 7) is 0.395. The maximum atomic E-state index is 12.4. The average molecular weight is 480 g/mol. The van der Waals surface area contributed by atoms with Crippen molar-refractivity contribution in [3.63, 3.8) is 0 Å². The number of fused-ring (bicyclic) bond motifs is 1. The van der Waals surface area contributed by atoms with E-state index in [9.17, 15) is 14.7 Å². The van der Waals surface area contributed by atoms with Gasteiger partial charge in [0.25, 0.3) is 0 Å². The van der Waals surface area contributed by atoms with Crippen LogP contribution in [0.3, 0.4) is 0 Å². The van der Waals surface area contributed by atoms with Crippen molar-refractivity contribution < 1.29 is 24.2 Å². The molecule has 0 saturated carbocycles. The van der Waals surface area contributed by atoms with Gasteiger partial charge in [0.2, 0.25) is 5.91 Å². The molecule has 0 heterocycles. The number of rotatable bonds is 8. The number of anilines is 1. The Morgan fingerprint density at radius 3 is 2.56 bits per heavy atom. The number of hydrogen-bond acceptors (Lipinski definition) is 4. The van der Waals surface area contributed by atoms with Crippen LogP contribution in [-0.4, -0.2) is 36.3 Å². The van der Waals surface area contributed by atoms with Crippen LogP contribution in [0.1, 0.15) is 15.9 Å². The zero-order valence-electron chi connectivity index (χ0n) is 19.7. The van der Waals surface area contributed by atoms with Crippen LogP contribution in [-0.2, 0) is 20.9 Å². The van der Waals surface area contributed by atoms with E-state index in [-0.39, 0.29) is 11.3 Å². The molecular weight excluding hydrogens is 454 g/mol. The number of ether oxygens (including phenoxy) is 2. The predicted octanol–water partition coefficient (Wildman–Crippen LogP) is 5.13. The molecule has 0 radical (unpaired) electrons.